The number of carbonyl (C=O) groups is 1. The lowest BCUT2D eigenvalue weighted by atomic mass is 9.97. The average molecular weight is 377 g/mol. The molecule has 0 radical (unpaired) electrons. The third kappa shape index (κ3) is 4.24. The lowest BCUT2D eigenvalue weighted by molar-refractivity contribution is -0.125. The Bertz CT molecular complexity index is 733. The van der Waals surface area contributed by atoms with Crippen LogP contribution in [-0.2, 0) is 4.79 Å². The molecule has 1 saturated heterocycles. The lowest BCUT2D eigenvalue weighted by Crippen LogP contribution is -2.44. The van der Waals surface area contributed by atoms with Gasteiger partial charge in [0.25, 0.3) is 0 Å². The summed E-state index contributed by atoms with van der Waals surface area (Å²) in [6.45, 7) is 7.34. The van der Waals surface area contributed by atoms with E-state index in [1.54, 1.807) is 11.3 Å². The van der Waals surface area contributed by atoms with Crippen LogP contribution in [0.3, 0.4) is 0 Å². The molecule has 26 heavy (non-hydrogen) atoms. The van der Waals surface area contributed by atoms with Gasteiger partial charge in [0.15, 0.2) is 0 Å². The zero-order valence-electron chi connectivity index (χ0n) is 16.0. The molecule has 0 aliphatic carbocycles. The highest BCUT2D eigenvalue weighted by Gasteiger charge is 2.27. The number of aryl methyl sites for hydroxylation is 2. The van der Waals surface area contributed by atoms with Crippen LogP contribution in [0.5, 0.6) is 0 Å². The van der Waals surface area contributed by atoms with Crippen molar-refractivity contribution in [2.24, 2.45) is 5.92 Å². The Hall–Kier alpha value is -1.93. The fourth-order valence-electron chi connectivity index (χ4n) is 3.31. The maximum Gasteiger partial charge on any atom is 0.224 e. The summed E-state index contributed by atoms with van der Waals surface area (Å²) in [5, 5.41) is 13.6. The summed E-state index contributed by atoms with van der Waals surface area (Å²) in [7, 11) is 4.02. The van der Waals surface area contributed by atoms with E-state index in [2.05, 4.69) is 55.9 Å². The van der Waals surface area contributed by atoms with Crippen LogP contribution in [0.1, 0.15) is 24.2 Å². The Morgan fingerprint density at radius 1 is 1.27 bits per heavy atom. The molecule has 1 aliphatic rings. The van der Waals surface area contributed by atoms with E-state index in [4.69, 9.17) is 0 Å². The second kappa shape index (κ2) is 8.18. The quantitative estimate of drug-likeness (QED) is 0.833. The molecule has 1 N–H and O–H groups in total. The summed E-state index contributed by atoms with van der Waals surface area (Å²) in [5.74, 6) is 0.173. The highest BCUT2D eigenvalue weighted by atomic mass is 32.1. The minimum Gasteiger partial charge on any atom is -0.355 e. The molecule has 0 bridgehead atoms. The zero-order chi connectivity index (χ0) is 18.7. The topological polar surface area (TPSA) is 66.3 Å². The standard InChI is InChI=1S/C18H28N6OS/c1-13-7-8-14(2)24(13)18-21-20-17(26-18)23-10-5-6-15(12-23)16(25)19-9-11-22(3)4/h7-8,15H,5-6,9-12H2,1-4H3,(H,19,25)/t15-/m0/s1. The summed E-state index contributed by atoms with van der Waals surface area (Å²) in [6, 6.07) is 4.18. The number of aromatic nitrogens is 3. The number of likely N-dealkylation sites (N-methyl/N-ethyl adjacent to an activating group) is 1. The van der Waals surface area contributed by atoms with Crippen molar-refractivity contribution in [3.8, 4) is 5.13 Å². The summed E-state index contributed by atoms with van der Waals surface area (Å²) < 4.78 is 2.12. The average Bonchev–Trinajstić information content (AvgIpc) is 3.21. The van der Waals surface area contributed by atoms with Crippen molar-refractivity contribution < 1.29 is 4.79 Å². The van der Waals surface area contributed by atoms with Crippen molar-refractivity contribution in [3.63, 3.8) is 0 Å². The van der Waals surface area contributed by atoms with Gasteiger partial charge in [0.1, 0.15) is 0 Å². The van der Waals surface area contributed by atoms with E-state index < -0.39 is 0 Å². The second-order valence-electron chi connectivity index (χ2n) is 7.20. The SMILES string of the molecule is Cc1ccc(C)n1-c1nnc(N2CCC[C@H](C(=O)NCCN(C)C)C2)s1. The maximum absolute atomic E-state index is 12.4. The number of nitrogens with one attached hydrogen (secondary N) is 1. The van der Waals surface area contributed by atoms with Crippen LogP contribution in [0.25, 0.3) is 5.13 Å². The Kier molecular flexibility index (Phi) is 5.93. The van der Waals surface area contributed by atoms with Gasteiger partial charge in [-0.1, -0.05) is 11.3 Å². The van der Waals surface area contributed by atoms with Crippen molar-refractivity contribution in [2.75, 3.05) is 45.2 Å². The molecule has 1 fully saturated rings. The van der Waals surface area contributed by atoms with Crippen molar-refractivity contribution in [3.05, 3.63) is 23.5 Å². The molecule has 0 saturated carbocycles. The molecular weight excluding hydrogens is 348 g/mol. The first-order valence-electron chi connectivity index (χ1n) is 9.12. The highest BCUT2D eigenvalue weighted by Crippen LogP contribution is 2.29. The van der Waals surface area contributed by atoms with Gasteiger partial charge >= 0.3 is 0 Å². The van der Waals surface area contributed by atoms with Gasteiger partial charge in [0.2, 0.25) is 16.2 Å². The number of carbonyl (C=O) groups excluding carboxylic acids is 1. The Balaban J connectivity index is 1.64. The monoisotopic (exact) mass is 376 g/mol. The molecule has 8 heteroatoms. The minimum absolute atomic E-state index is 0.0216. The van der Waals surface area contributed by atoms with E-state index in [0.717, 1.165) is 47.6 Å². The van der Waals surface area contributed by atoms with Gasteiger partial charge in [0, 0.05) is 37.6 Å². The number of piperidine rings is 1. The van der Waals surface area contributed by atoms with Crippen LogP contribution in [0.15, 0.2) is 12.1 Å². The first-order valence-corrected chi connectivity index (χ1v) is 9.93. The van der Waals surface area contributed by atoms with Gasteiger partial charge in [-0.2, -0.15) is 0 Å². The number of anilines is 1. The van der Waals surface area contributed by atoms with Crippen LogP contribution >= 0.6 is 11.3 Å². The molecule has 7 nitrogen and oxygen atoms in total. The molecule has 3 rings (SSSR count). The number of amides is 1. The Morgan fingerprint density at radius 2 is 1.96 bits per heavy atom. The van der Waals surface area contributed by atoms with Crippen molar-refractivity contribution in [2.45, 2.75) is 26.7 Å². The molecule has 2 aromatic rings. The number of hydrogen-bond acceptors (Lipinski definition) is 6. The summed E-state index contributed by atoms with van der Waals surface area (Å²) >= 11 is 1.59. The van der Waals surface area contributed by atoms with E-state index in [9.17, 15) is 4.79 Å². The molecule has 1 aliphatic heterocycles. The van der Waals surface area contributed by atoms with Crippen LogP contribution in [-0.4, -0.2) is 65.8 Å². The normalized spacial score (nSPS) is 17.7. The van der Waals surface area contributed by atoms with E-state index in [0.29, 0.717) is 13.1 Å². The molecule has 0 unspecified atom stereocenters. The molecule has 1 atom stereocenters. The van der Waals surface area contributed by atoms with Crippen LogP contribution in [0, 0.1) is 19.8 Å². The van der Waals surface area contributed by atoms with Gasteiger partial charge in [0.05, 0.1) is 5.92 Å². The van der Waals surface area contributed by atoms with Crippen molar-refractivity contribution >= 4 is 22.4 Å². The summed E-state index contributed by atoms with van der Waals surface area (Å²) in [6.07, 6.45) is 1.94. The van der Waals surface area contributed by atoms with Crippen molar-refractivity contribution in [1.82, 2.24) is 25.0 Å². The molecular formula is C18H28N6OS. The molecule has 3 heterocycles. The molecule has 1 amide bonds. The van der Waals surface area contributed by atoms with Crippen LogP contribution in [0.2, 0.25) is 0 Å². The molecule has 0 aromatic carbocycles. The van der Waals surface area contributed by atoms with Crippen molar-refractivity contribution in [1.29, 1.82) is 0 Å². The zero-order valence-corrected chi connectivity index (χ0v) is 16.8. The van der Waals surface area contributed by atoms with Gasteiger partial charge in [-0.05, 0) is 52.9 Å². The predicted molar refractivity (Wildman–Crippen MR) is 105 cm³/mol. The van der Waals surface area contributed by atoms with Gasteiger partial charge in [-0.3, -0.25) is 9.36 Å². The van der Waals surface area contributed by atoms with Gasteiger partial charge in [-0.25, -0.2) is 0 Å². The third-order valence-electron chi connectivity index (χ3n) is 4.79. The Labute approximate surface area is 159 Å². The van der Waals surface area contributed by atoms with Crippen LogP contribution < -0.4 is 10.2 Å². The third-order valence-corrected chi connectivity index (χ3v) is 5.76. The smallest absolute Gasteiger partial charge is 0.224 e. The first kappa shape index (κ1) is 18.8. The lowest BCUT2D eigenvalue weighted by Gasteiger charge is -2.31. The van der Waals surface area contributed by atoms with E-state index >= 15 is 0 Å². The summed E-state index contributed by atoms with van der Waals surface area (Å²) in [5.41, 5.74) is 2.31. The first-order chi connectivity index (χ1) is 12.5. The number of nitrogens with zero attached hydrogens (tertiary/aromatic N) is 5. The molecule has 2 aromatic heterocycles. The van der Waals surface area contributed by atoms with E-state index in [1.807, 2.05) is 14.1 Å². The number of hydrogen-bond donors (Lipinski definition) is 1. The molecule has 142 valence electrons. The van der Waals surface area contributed by atoms with E-state index in [-0.39, 0.29) is 11.8 Å². The fraction of sp³-hybridized carbons (Fsp3) is 0.611. The predicted octanol–water partition coefficient (Wildman–Crippen LogP) is 1.84. The van der Waals surface area contributed by atoms with Gasteiger partial charge in [-0.15, -0.1) is 10.2 Å². The largest absolute Gasteiger partial charge is 0.355 e. The fourth-order valence-corrected chi connectivity index (χ4v) is 4.31. The minimum atomic E-state index is 0.0216. The Morgan fingerprint density at radius 3 is 2.65 bits per heavy atom. The second-order valence-corrected chi connectivity index (χ2v) is 8.13. The summed E-state index contributed by atoms with van der Waals surface area (Å²) in [4.78, 5) is 16.7. The maximum atomic E-state index is 12.4. The van der Waals surface area contributed by atoms with E-state index in [1.165, 1.54) is 0 Å². The highest BCUT2D eigenvalue weighted by molar-refractivity contribution is 7.17. The molecule has 0 spiro atoms. The number of rotatable bonds is 6. The van der Waals surface area contributed by atoms with Gasteiger partial charge < -0.3 is 15.1 Å². The van der Waals surface area contributed by atoms with Crippen LogP contribution in [0.4, 0.5) is 5.13 Å².